The SMILES string of the molecule is COC(=O)CCC#Cc1ncc(-c2cc(NC(=O)c3ccnc(C(F)(F)F)c3)ccc2C)cc1N1CCOCC1. The number of nitrogens with zero attached hydrogens (tertiary/aromatic N) is 3. The molecule has 3 heterocycles. The van der Waals surface area contributed by atoms with E-state index in [1.165, 1.54) is 13.2 Å². The molecule has 0 spiro atoms. The van der Waals surface area contributed by atoms with Crippen LogP contribution in [-0.4, -0.2) is 55.3 Å². The minimum atomic E-state index is -4.66. The number of halogens is 3. The number of hydrogen-bond donors (Lipinski definition) is 1. The smallest absolute Gasteiger partial charge is 0.433 e. The van der Waals surface area contributed by atoms with Gasteiger partial charge in [0, 0.05) is 48.7 Å². The number of hydrogen-bond acceptors (Lipinski definition) is 7. The van der Waals surface area contributed by atoms with Gasteiger partial charge in [-0.15, -0.1) is 0 Å². The van der Waals surface area contributed by atoms with Crippen molar-refractivity contribution >= 4 is 23.3 Å². The number of esters is 1. The summed E-state index contributed by atoms with van der Waals surface area (Å²) in [5.41, 5.74) is 2.97. The predicted octanol–water partition coefficient (Wildman–Crippen LogP) is 4.86. The van der Waals surface area contributed by atoms with E-state index in [0.29, 0.717) is 50.2 Å². The van der Waals surface area contributed by atoms with Crippen LogP contribution in [0, 0.1) is 18.8 Å². The van der Waals surface area contributed by atoms with Crippen LogP contribution < -0.4 is 10.2 Å². The van der Waals surface area contributed by atoms with Gasteiger partial charge in [0.2, 0.25) is 0 Å². The third-order valence-corrected chi connectivity index (χ3v) is 6.23. The monoisotopic (exact) mass is 552 g/mol. The van der Waals surface area contributed by atoms with Gasteiger partial charge in [0.25, 0.3) is 5.91 Å². The van der Waals surface area contributed by atoms with Crippen LogP contribution in [0.4, 0.5) is 24.5 Å². The van der Waals surface area contributed by atoms with Gasteiger partial charge in [-0.1, -0.05) is 12.0 Å². The van der Waals surface area contributed by atoms with Crippen molar-refractivity contribution < 1.29 is 32.2 Å². The predicted molar refractivity (Wildman–Crippen MR) is 143 cm³/mol. The van der Waals surface area contributed by atoms with Crippen LogP contribution in [0.2, 0.25) is 0 Å². The lowest BCUT2D eigenvalue weighted by atomic mass is 10.00. The number of pyridine rings is 2. The average molecular weight is 553 g/mol. The van der Waals surface area contributed by atoms with Crippen molar-refractivity contribution in [3.8, 4) is 23.0 Å². The van der Waals surface area contributed by atoms with Crippen molar-refractivity contribution in [1.29, 1.82) is 0 Å². The van der Waals surface area contributed by atoms with E-state index in [2.05, 4.69) is 36.8 Å². The van der Waals surface area contributed by atoms with Crippen molar-refractivity contribution in [2.75, 3.05) is 43.6 Å². The zero-order valence-electron chi connectivity index (χ0n) is 22.0. The van der Waals surface area contributed by atoms with Gasteiger partial charge >= 0.3 is 12.1 Å². The number of ether oxygens (including phenoxy) is 2. The number of carbonyl (C=O) groups is 2. The highest BCUT2D eigenvalue weighted by atomic mass is 19.4. The maximum absolute atomic E-state index is 13.0. The molecule has 1 aliphatic rings. The second-order valence-corrected chi connectivity index (χ2v) is 8.98. The Balaban J connectivity index is 1.62. The van der Waals surface area contributed by atoms with E-state index in [1.54, 1.807) is 18.3 Å². The van der Waals surface area contributed by atoms with Crippen LogP contribution in [0.15, 0.2) is 48.8 Å². The Hall–Kier alpha value is -4.43. The number of alkyl halides is 3. The number of methoxy groups -OCH3 is 1. The molecule has 0 radical (unpaired) electrons. The number of anilines is 2. The lowest BCUT2D eigenvalue weighted by Crippen LogP contribution is -2.36. The molecule has 40 heavy (non-hydrogen) atoms. The molecule has 1 aliphatic heterocycles. The molecule has 0 atom stereocenters. The molecule has 0 bridgehead atoms. The number of morpholine rings is 1. The number of rotatable bonds is 6. The molecule has 1 aromatic carbocycles. The quantitative estimate of drug-likeness (QED) is 0.345. The van der Waals surface area contributed by atoms with E-state index in [9.17, 15) is 22.8 Å². The Morgan fingerprint density at radius 3 is 2.62 bits per heavy atom. The summed E-state index contributed by atoms with van der Waals surface area (Å²) in [6.07, 6.45) is -1.50. The Labute approximate surface area is 229 Å². The fraction of sp³-hybridized carbons (Fsp3) is 0.310. The van der Waals surface area contributed by atoms with Crippen molar-refractivity contribution in [2.24, 2.45) is 0 Å². The number of aromatic nitrogens is 2. The summed E-state index contributed by atoms with van der Waals surface area (Å²) in [6.45, 7) is 4.34. The minimum absolute atomic E-state index is 0.157. The van der Waals surface area contributed by atoms with Crippen LogP contribution >= 0.6 is 0 Å². The highest BCUT2D eigenvalue weighted by Crippen LogP contribution is 2.32. The van der Waals surface area contributed by atoms with Gasteiger partial charge in [-0.05, 0) is 54.3 Å². The standard InChI is InChI=1S/C29H27F3N4O4/c1-19-7-8-22(35-28(38)20-9-10-33-26(16-20)29(30,31)32)17-23(19)21-15-25(36-11-13-40-14-12-36)24(34-18-21)5-3-4-6-27(37)39-2/h7-10,15-18H,4,6,11-14H2,1-2H3,(H,35,38). The maximum Gasteiger partial charge on any atom is 0.433 e. The Kier molecular flexibility index (Phi) is 9.01. The molecular weight excluding hydrogens is 525 g/mol. The Morgan fingerprint density at radius 1 is 1.12 bits per heavy atom. The average Bonchev–Trinajstić information content (AvgIpc) is 2.96. The van der Waals surface area contributed by atoms with Crippen LogP contribution in [0.25, 0.3) is 11.1 Å². The van der Waals surface area contributed by atoms with Crippen molar-refractivity contribution in [3.05, 3.63) is 71.3 Å². The van der Waals surface area contributed by atoms with Crippen LogP contribution in [0.5, 0.6) is 0 Å². The molecule has 1 amide bonds. The molecule has 1 saturated heterocycles. The second kappa shape index (κ2) is 12.6. The van der Waals surface area contributed by atoms with E-state index in [1.807, 2.05) is 19.1 Å². The molecule has 0 saturated carbocycles. The molecule has 208 valence electrons. The summed E-state index contributed by atoms with van der Waals surface area (Å²) in [5, 5.41) is 2.67. The number of benzene rings is 1. The Bertz CT molecular complexity index is 1460. The molecule has 1 fully saturated rings. The second-order valence-electron chi connectivity index (χ2n) is 8.98. The Morgan fingerprint density at radius 2 is 1.90 bits per heavy atom. The number of nitrogens with one attached hydrogen (secondary N) is 1. The zero-order valence-corrected chi connectivity index (χ0v) is 22.0. The molecule has 11 heteroatoms. The molecule has 4 rings (SSSR count). The van der Waals surface area contributed by atoms with E-state index in [-0.39, 0.29) is 18.0 Å². The molecule has 0 aliphatic carbocycles. The van der Waals surface area contributed by atoms with Crippen LogP contribution in [-0.2, 0) is 20.4 Å². The molecule has 3 aromatic rings. The normalized spacial score (nSPS) is 13.3. The van der Waals surface area contributed by atoms with Gasteiger partial charge in [-0.2, -0.15) is 13.2 Å². The summed E-state index contributed by atoms with van der Waals surface area (Å²) < 4.78 is 49.3. The van der Waals surface area contributed by atoms with E-state index < -0.39 is 17.8 Å². The topological polar surface area (TPSA) is 93.6 Å². The first-order valence-electron chi connectivity index (χ1n) is 12.5. The fourth-order valence-electron chi connectivity index (χ4n) is 4.10. The fourth-order valence-corrected chi connectivity index (χ4v) is 4.10. The first-order valence-corrected chi connectivity index (χ1v) is 12.5. The number of carbonyl (C=O) groups excluding carboxylic acids is 2. The summed E-state index contributed by atoms with van der Waals surface area (Å²) in [5.74, 6) is 5.02. The van der Waals surface area contributed by atoms with Crippen molar-refractivity contribution in [1.82, 2.24) is 9.97 Å². The van der Waals surface area contributed by atoms with Gasteiger partial charge < -0.3 is 19.7 Å². The van der Waals surface area contributed by atoms with Gasteiger partial charge in [-0.25, -0.2) is 4.98 Å². The lowest BCUT2D eigenvalue weighted by Gasteiger charge is -2.29. The van der Waals surface area contributed by atoms with E-state index in [4.69, 9.17) is 4.74 Å². The maximum atomic E-state index is 13.0. The van der Waals surface area contributed by atoms with E-state index >= 15 is 0 Å². The molecule has 2 aromatic heterocycles. The summed E-state index contributed by atoms with van der Waals surface area (Å²) in [4.78, 5) is 34.2. The van der Waals surface area contributed by atoms with E-state index in [0.717, 1.165) is 28.6 Å². The van der Waals surface area contributed by atoms with Crippen LogP contribution in [0.3, 0.4) is 0 Å². The molecular formula is C29H27F3N4O4. The molecule has 0 unspecified atom stereocenters. The summed E-state index contributed by atoms with van der Waals surface area (Å²) >= 11 is 0. The highest BCUT2D eigenvalue weighted by Gasteiger charge is 2.33. The third-order valence-electron chi connectivity index (χ3n) is 6.23. The van der Waals surface area contributed by atoms with Crippen LogP contribution in [0.1, 0.15) is 40.2 Å². The van der Waals surface area contributed by atoms with Gasteiger partial charge in [0.15, 0.2) is 0 Å². The largest absolute Gasteiger partial charge is 0.469 e. The van der Waals surface area contributed by atoms with Crippen molar-refractivity contribution in [2.45, 2.75) is 25.9 Å². The summed E-state index contributed by atoms with van der Waals surface area (Å²) in [6, 6.07) is 9.15. The minimum Gasteiger partial charge on any atom is -0.469 e. The lowest BCUT2D eigenvalue weighted by molar-refractivity contribution is -0.141. The molecule has 1 N–H and O–H groups in total. The van der Waals surface area contributed by atoms with Gasteiger partial charge in [0.1, 0.15) is 11.4 Å². The first kappa shape index (κ1) is 28.6. The number of aryl methyl sites for hydroxylation is 1. The van der Waals surface area contributed by atoms with Gasteiger partial charge in [0.05, 0.1) is 32.4 Å². The van der Waals surface area contributed by atoms with Crippen molar-refractivity contribution in [3.63, 3.8) is 0 Å². The molecule has 8 nitrogen and oxygen atoms in total. The highest BCUT2D eigenvalue weighted by molar-refractivity contribution is 6.04. The van der Waals surface area contributed by atoms with Gasteiger partial charge in [-0.3, -0.25) is 14.6 Å². The third kappa shape index (κ3) is 7.15. The summed E-state index contributed by atoms with van der Waals surface area (Å²) in [7, 11) is 1.33. The first-order chi connectivity index (χ1) is 19.2. The zero-order chi connectivity index (χ0) is 28.7. The number of amides is 1.